The van der Waals surface area contributed by atoms with Crippen molar-refractivity contribution in [2.75, 3.05) is 5.32 Å². The van der Waals surface area contributed by atoms with Crippen LogP contribution >= 0.6 is 0 Å². The number of imidazole rings is 1. The minimum Gasteiger partial charge on any atom is -0.463 e. The van der Waals surface area contributed by atoms with E-state index in [0.717, 1.165) is 29.3 Å². The number of fused-ring (bicyclic) bond motifs is 1. The first kappa shape index (κ1) is 16.6. The number of hydrogen-bond acceptors (Lipinski definition) is 3. The molecule has 0 aliphatic carbocycles. The van der Waals surface area contributed by atoms with Crippen molar-refractivity contribution in [2.24, 2.45) is 5.41 Å². The predicted octanol–water partition coefficient (Wildman–Crippen LogP) is 5.53. The first-order valence-corrected chi connectivity index (χ1v) is 8.45. The predicted molar refractivity (Wildman–Crippen MR) is 99.4 cm³/mol. The zero-order chi connectivity index (χ0) is 17.5. The Morgan fingerprint density at radius 3 is 2.50 bits per heavy atom. The Bertz CT molecular complexity index is 836. The molecule has 3 aromatic rings. The van der Waals surface area contributed by atoms with Gasteiger partial charge in [-0.15, -0.1) is 0 Å². The molecule has 0 aliphatic rings. The van der Waals surface area contributed by atoms with Crippen molar-refractivity contribution in [1.82, 2.24) is 9.38 Å². The Hall–Kier alpha value is -2.23. The number of hydrogen-bond donors (Lipinski definition) is 1. The fraction of sp³-hybridized carbons (Fsp3) is 0.450. The minimum atomic E-state index is -0.0701. The number of anilines is 1. The number of aromatic nitrogens is 2. The van der Waals surface area contributed by atoms with Crippen molar-refractivity contribution in [3.8, 4) is 11.5 Å². The molecular weight excluding hydrogens is 298 g/mol. The van der Waals surface area contributed by atoms with Crippen molar-refractivity contribution < 1.29 is 4.42 Å². The molecule has 0 amide bonds. The summed E-state index contributed by atoms with van der Waals surface area (Å²) in [5.74, 6) is 1.77. The average Bonchev–Trinajstić information content (AvgIpc) is 3.04. The number of pyridine rings is 1. The molecule has 0 bridgehead atoms. The number of rotatable bonds is 4. The van der Waals surface area contributed by atoms with Gasteiger partial charge in [0.15, 0.2) is 5.76 Å². The SMILES string of the molecule is Cc1ccc2nc(-c3ccco3)c(NC(C)(C)CC(C)(C)C)n2c1. The third kappa shape index (κ3) is 3.48. The third-order valence-corrected chi connectivity index (χ3v) is 3.95. The monoisotopic (exact) mass is 325 g/mol. The van der Waals surface area contributed by atoms with Crippen LogP contribution in [0.25, 0.3) is 17.1 Å². The summed E-state index contributed by atoms with van der Waals surface area (Å²) in [7, 11) is 0. The first-order valence-electron chi connectivity index (χ1n) is 8.45. The van der Waals surface area contributed by atoms with Gasteiger partial charge in [0.05, 0.1) is 6.26 Å². The lowest BCUT2D eigenvalue weighted by Crippen LogP contribution is -2.36. The highest BCUT2D eigenvalue weighted by atomic mass is 16.3. The molecule has 3 heterocycles. The molecule has 24 heavy (non-hydrogen) atoms. The molecule has 0 radical (unpaired) electrons. The maximum absolute atomic E-state index is 5.62. The standard InChI is InChI=1S/C20H27N3O/c1-14-9-10-16-21-17(15-8-7-11-24-15)18(23(16)12-14)22-20(5,6)13-19(2,3)4/h7-12,22H,13H2,1-6H3. The molecule has 0 saturated carbocycles. The maximum atomic E-state index is 5.62. The number of aryl methyl sites for hydroxylation is 1. The second-order valence-electron chi connectivity index (χ2n) is 8.47. The lowest BCUT2D eigenvalue weighted by Gasteiger charge is -2.34. The summed E-state index contributed by atoms with van der Waals surface area (Å²) in [6, 6.07) is 7.98. The van der Waals surface area contributed by atoms with E-state index in [2.05, 4.69) is 63.5 Å². The summed E-state index contributed by atoms with van der Waals surface area (Å²) in [6.45, 7) is 13.4. The molecule has 128 valence electrons. The minimum absolute atomic E-state index is 0.0701. The van der Waals surface area contributed by atoms with E-state index in [1.165, 1.54) is 5.56 Å². The van der Waals surface area contributed by atoms with E-state index in [1.54, 1.807) is 6.26 Å². The average molecular weight is 325 g/mol. The van der Waals surface area contributed by atoms with Crippen LogP contribution in [-0.4, -0.2) is 14.9 Å². The maximum Gasteiger partial charge on any atom is 0.156 e. The zero-order valence-electron chi connectivity index (χ0n) is 15.5. The van der Waals surface area contributed by atoms with Crippen LogP contribution in [0.15, 0.2) is 41.1 Å². The quantitative estimate of drug-likeness (QED) is 0.686. The van der Waals surface area contributed by atoms with Crippen molar-refractivity contribution in [1.29, 1.82) is 0 Å². The molecule has 0 atom stereocenters. The lowest BCUT2D eigenvalue weighted by molar-refractivity contribution is 0.302. The Morgan fingerprint density at radius 1 is 1.12 bits per heavy atom. The fourth-order valence-electron chi connectivity index (χ4n) is 3.55. The van der Waals surface area contributed by atoms with Crippen LogP contribution in [0.5, 0.6) is 0 Å². The second kappa shape index (κ2) is 5.69. The van der Waals surface area contributed by atoms with Gasteiger partial charge in [-0.2, -0.15) is 0 Å². The molecule has 0 unspecified atom stereocenters. The highest BCUT2D eigenvalue weighted by Gasteiger charge is 2.28. The largest absolute Gasteiger partial charge is 0.463 e. The van der Waals surface area contributed by atoms with Gasteiger partial charge in [-0.05, 0) is 56.4 Å². The molecule has 3 rings (SSSR count). The highest BCUT2D eigenvalue weighted by molar-refractivity contribution is 5.74. The molecule has 0 aliphatic heterocycles. The Balaban J connectivity index is 2.11. The topological polar surface area (TPSA) is 42.5 Å². The zero-order valence-corrected chi connectivity index (χ0v) is 15.5. The molecule has 0 spiro atoms. The van der Waals surface area contributed by atoms with Gasteiger partial charge in [0.25, 0.3) is 0 Å². The van der Waals surface area contributed by atoms with Crippen LogP contribution in [0.4, 0.5) is 5.82 Å². The van der Waals surface area contributed by atoms with E-state index in [4.69, 9.17) is 9.40 Å². The first-order chi connectivity index (χ1) is 11.1. The van der Waals surface area contributed by atoms with Crippen molar-refractivity contribution in [3.05, 3.63) is 42.3 Å². The number of nitrogens with zero attached hydrogens (tertiary/aromatic N) is 2. The fourth-order valence-corrected chi connectivity index (χ4v) is 3.55. The van der Waals surface area contributed by atoms with Gasteiger partial charge in [-0.1, -0.05) is 26.8 Å². The number of furan rings is 1. The molecular formula is C20H27N3O. The highest BCUT2D eigenvalue weighted by Crippen LogP contribution is 2.35. The van der Waals surface area contributed by atoms with Crippen molar-refractivity contribution in [3.63, 3.8) is 0 Å². The van der Waals surface area contributed by atoms with Crippen LogP contribution in [0.3, 0.4) is 0 Å². The normalized spacial score (nSPS) is 12.8. The van der Waals surface area contributed by atoms with Crippen molar-refractivity contribution in [2.45, 2.75) is 53.5 Å². The Kier molecular flexibility index (Phi) is 3.94. The third-order valence-electron chi connectivity index (χ3n) is 3.95. The lowest BCUT2D eigenvalue weighted by atomic mass is 9.82. The van der Waals surface area contributed by atoms with Crippen molar-refractivity contribution >= 4 is 11.5 Å². The molecule has 1 N–H and O–H groups in total. The molecule has 4 nitrogen and oxygen atoms in total. The van der Waals surface area contributed by atoms with Crippen LogP contribution in [-0.2, 0) is 0 Å². The Morgan fingerprint density at radius 2 is 1.88 bits per heavy atom. The number of nitrogens with one attached hydrogen (secondary N) is 1. The summed E-state index contributed by atoms with van der Waals surface area (Å²) in [4.78, 5) is 4.78. The van der Waals surface area contributed by atoms with E-state index in [-0.39, 0.29) is 11.0 Å². The van der Waals surface area contributed by atoms with E-state index < -0.39 is 0 Å². The summed E-state index contributed by atoms with van der Waals surface area (Å²) < 4.78 is 7.74. The summed E-state index contributed by atoms with van der Waals surface area (Å²) >= 11 is 0. The van der Waals surface area contributed by atoms with Gasteiger partial charge in [0.1, 0.15) is 17.2 Å². The van der Waals surface area contributed by atoms with E-state index >= 15 is 0 Å². The van der Waals surface area contributed by atoms with E-state index in [9.17, 15) is 0 Å². The summed E-state index contributed by atoms with van der Waals surface area (Å²) in [5, 5.41) is 3.72. The van der Waals surface area contributed by atoms with E-state index in [0.29, 0.717) is 0 Å². The summed E-state index contributed by atoms with van der Waals surface area (Å²) in [5.41, 5.74) is 3.13. The van der Waals surface area contributed by atoms with Gasteiger partial charge in [0.2, 0.25) is 0 Å². The van der Waals surface area contributed by atoms with Crippen LogP contribution in [0.2, 0.25) is 0 Å². The smallest absolute Gasteiger partial charge is 0.156 e. The van der Waals surface area contributed by atoms with Gasteiger partial charge in [-0.25, -0.2) is 4.98 Å². The summed E-state index contributed by atoms with van der Waals surface area (Å²) in [6.07, 6.45) is 4.84. The van der Waals surface area contributed by atoms with Crippen LogP contribution in [0, 0.1) is 12.3 Å². The Labute approximate surface area is 143 Å². The molecule has 0 fully saturated rings. The second-order valence-corrected chi connectivity index (χ2v) is 8.47. The molecule has 0 aromatic carbocycles. The molecule has 0 saturated heterocycles. The molecule has 3 aromatic heterocycles. The molecule has 4 heteroatoms. The van der Waals surface area contributed by atoms with Gasteiger partial charge in [0, 0.05) is 11.7 Å². The van der Waals surface area contributed by atoms with Gasteiger partial charge < -0.3 is 9.73 Å². The van der Waals surface area contributed by atoms with Crippen LogP contribution < -0.4 is 5.32 Å². The van der Waals surface area contributed by atoms with Gasteiger partial charge in [-0.3, -0.25) is 4.40 Å². The van der Waals surface area contributed by atoms with Crippen LogP contribution in [0.1, 0.15) is 46.6 Å². The van der Waals surface area contributed by atoms with E-state index in [1.807, 2.05) is 18.2 Å². The van der Waals surface area contributed by atoms with Gasteiger partial charge >= 0.3 is 0 Å².